The highest BCUT2D eigenvalue weighted by Crippen LogP contribution is 2.23. The van der Waals surface area contributed by atoms with E-state index >= 15 is 0 Å². The second-order valence-electron chi connectivity index (χ2n) is 4.93. The summed E-state index contributed by atoms with van der Waals surface area (Å²) in [5, 5.41) is 6.25. The van der Waals surface area contributed by atoms with Crippen LogP contribution in [-0.2, 0) is 4.79 Å². The first-order valence-corrected chi connectivity index (χ1v) is 7.28. The maximum atomic E-state index is 11.9. The summed E-state index contributed by atoms with van der Waals surface area (Å²) < 4.78 is 5.33. The summed E-state index contributed by atoms with van der Waals surface area (Å²) in [7, 11) is 1.66. The van der Waals surface area contributed by atoms with E-state index in [1.807, 2.05) is 31.2 Å². The van der Waals surface area contributed by atoms with E-state index < -0.39 is 0 Å². The van der Waals surface area contributed by atoms with E-state index in [-0.39, 0.29) is 18.0 Å². The van der Waals surface area contributed by atoms with Crippen LogP contribution in [0.1, 0.15) is 45.2 Å². The molecule has 0 spiro atoms. The second-order valence-corrected chi connectivity index (χ2v) is 4.93. The van der Waals surface area contributed by atoms with Crippen LogP contribution in [0.3, 0.4) is 0 Å². The molecule has 0 aromatic heterocycles. The van der Waals surface area contributed by atoms with Crippen molar-refractivity contribution in [1.29, 1.82) is 0 Å². The Bertz CT molecular complexity index is 417. The molecule has 0 aliphatic carbocycles. The normalized spacial score (nSPS) is 12.2. The maximum absolute atomic E-state index is 11.9. The van der Waals surface area contributed by atoms with Gasteiger partial charge in [-0.15, -0.1) is 0 Å². The van der Waals surface area contributed by atoms with Gasteiger partial charge in [0.1, 0.15) is 5.75 Å². The van der Waals surface area contributed by atoms with Gasteiger partial charge in [0, 0.05) is 17.6 Å². The topological polar surface area (TPSA) is 50.4 Å². The van der Waals surface area contributed by atoms with Crippen molar-refractivity contribution >= 4 is 5.91 Å². The van der Waals surface area contributed by atoms with Crippen LogP contribution >= 0.6 is 0 Å². The Labute approximate surface area is 121 Å². The summed E-state index contributed by atoms with van der Waals surface area (Å²) in [6, 6.07) is 8.19. The molecule has 0 heterocycles. The van der Waals surface area contributed by atoms with Gasteiger partial charge in [-0.1, -0.05) is 32.0 Å². The van der Waals surface area contributed by atoms with Gasteiger partial charge in [0.25, 0.3) is 0 Å². The highest BCUT2D eigenvalue weighted by molar-refractivity contribution is 5.78. The molecule has 4 heteroatoms. The van der Waals surface area contributed by atoms with E-state index in [0.29, 0.717) is 6.54 Å². The van der Waals surface area contributed by atoms with Gasteiger partial charge in [0.2, 0.25) is 5.91 Å². The first-order valence-electron chi connectivity index (χ1n) is 7.28. The van der Waals surface area contributed by atoms with Crippen LogP contribution in [0.4, 0.5) is 0 Å². The summed E-state index contributed by atoms with van der Waals surface area (Å²) in [5.74, 6) is 0.883. The smallest absolute Gasteiger partial charge is 0.234 e. The number of ether oxygens (including phenoxy) is 1. The third-order valence-electron chi connectivity index (χ3n) is 3.52. The first-order chi connectivity index (χ1) is 9.62. The molecule has 0 aliphatic rings. The molecule has 0 radical (unpaired) electrons. The number of carbonyl (C=O) groups is 1. The fourth-order valence-corrected chi connectivity index (χ4v) is 2.15. The largest absolute Gasteiger partial charge is 0.496 e. The zero-order valence-corrected chi connectivity index (χ0v) is 12.9. The molecule has 20 heavy (non-hydrogen) atoms. The van der Waals surface area contributed by atoms with Crippen LogP contribution in [0.2, 0.25) is 0 Å². The number of carbonyl (C=O) groups excluding carboxylic acids is 1. The molecular formula is C16H26N2O2. The summed E-state index contributed by atoms with van der Waals surface area (Å²) in [4.78, 5) is 11.9. The van der Waals surface area contributed by atoms with E-state index in [0.717, 1.165) is 24.2 Å². The molecule has 1 atom stereocenters. The summed E-state index contributed by atoms with van der Waals surface area (Å²) in [6.45, 7) is 6.51. The third kappa shape index (κ3) is 4.85. The van der Waals surface area contributed by atoms with Crippen molar-refractivity contribution in [2.24, 2.45) is 0 Å². The fourth-order valence-electron chi connectivity index (χ4n) is 2.15. The lowest BCUT2D eigenvalue weighted by Crippen LogP contribution is -2.40. The highest BCUT2D eigenvalue weighted by Gasteiger charge is 2.13. The van der Waals surface area contributed by atoms with E-state index in [2.05, 4.69) is 24.5 Å². The Morgan fingerprint density at radius 2 is 1.90 bits per heavy atom. The van der Waals surface area contributed by atoms with Gasteiger partial charge in [-0.05, 0) is 25.8 Å². The molecule has 0 fully saturated rings. The lowest BCUT2D eigenvalue weighted by molar-refractivity contribution is -0.121. The quantitative estimate of drug-likeness (QED) is 0.768. The van der Waals surface area contributed by atoms with Gasteiger partial charge < -0.3 is 15.4 Å². The SMILES string of the molecule is CCC(CC)NC(=O)CN[C@H](C)c1ccccc1OC. The molecule has 0 unspecified atom stereocenters. The van der Waals surface area contributed by atoms with Crippen molar-refractivity contribution < 1.29 is 9.53 Å². The van der Waals surface area contributed by atoms with E-state index in [1.165, 1.54) is 0 Å². The van der Waals surface area contributed by atoms with Gasteiger partial charge in [-0.2, -0.15) is 0 Å². The Morgan fingerprint density at radius 1 is 1.25 bits per heavy atom. The summed E-state index contributed by atoms with van der Waals surface area (Å²) >= 11 is 0. The van der Waals surface area contributed by atoms with Gasteiger partial charge in [-0.25, -0.2) is 0 Å². The van der Waals surface area contributed by atoms with Crippen LogP contribution < -0.4 is 15.4 Å². The standard InChI is InChI=1S/C16H26N2O2/c1-5-13(6-2)18-16(19)11-17-12(3)14-9-7-8-10-15(14)20-4/h7-10,12-13,17H,5-6,11H2,1-4H3,(H,18,19)/t12-/m1/s1. The molecule has 112 valence electrons. The van der Waals surface area contributed by atoms with Crippen molar-refractivity contribution in [3.05, 3.63) is 29.8 Å². The maximum Gasteiger partial charge on any atom is 0.234 e. The molecule has 1 rings (SSSR count). The second kappa shape index (κ2) is 8.59. The number of nitrogens with one attached hydrogen (secondary N) is 2. The van der Waals surface area contributed by atoms with Gasteiger partial charge >= 0.3 is 0 Å². The highest BCUT2D eigenvalue weighted by atomic mass is 16.5. The minimum Gasteiger partial charge on any atom is -0.496 e. The Morgan fingerprint density at radius 3 is 2.50 bits per heavy atom. The Kier molecular flexibility index (Phi) is 7.09. The van der Waals surface area contributed by atoms with Crippen LogP contribution in [0.15, 0.2) is 24.3 Å². The predicted molar refractivity (Wildman–Crippen MR) is 81.9 cm³/mol. The predicted octanol–water partition coefficient (Wildman–Crippen LogP) is 2.65. The molecule has 1 aromatic carbocycles. The minimum atomic E-state index is 0.0421. The third-order valence-corrected chi connectivity index (χ3v) is 3.52. The summed E-state index contributed by atoms with van der Waals surface area (Å²) in [6.07, 6.45) is 1.93. The van der Waals surface area contributed by atoms with Crippen LogP contribution in [0.5, 0.6) is 5.75 Å². The number of para-hydroxylation sites is 1. The van der Waals surface area contributed by atoms with E-state index in [4.69, 9.17) is 4.74 Å². The molecule has 2 N–H and O–H groups in total. The van der Waals surface area contributed by atoms with Crippen molar-refractivity contribution in [2.75, 3.05) is 13.7 Å². The molecule has 0 aliphatic heterocycles. The van der Waals surface area contributed by atoms with Gasteiger partial charge in [0.15, 0.2) is 0 Å². The van der Waals surface area contributed by atoms with Crippen LogP contribution in [-0.4, -0.2) is 25.6 Å². The molecule has 0 saturated heterocycles. The number of hydrogen-bond acceptors (Lipinski definition) is 3. The zero-order valence-electron chi connectivity index (χ0n) is 12.9. The van der Waals surface area contributed by atoms with E-state index in [1.54, 1.807) is 7.11 Å². The summed E-state index contributed by atoms with van der Waals surface area (Å²) in [5.41, 5.74) is 1.06. The monoisotopic (exact) mass is 278 g/mol. The Hall–Kier alpha value is -1.55. The fraction of sp³-hybridized carbons (Fsp3) is 0.562. The van der Waals surface area contributed by atoms with E-state index in [9.17, 15) is 4.79 Å². The average molecular weight is 278 g/mol. The zero-order chi connectivity index (χ0) is 15.0. The number of rotatable bonds is 8. The molecule has 1 amide bonds. The number of methoxy groups -OCH3 is 1. The van der Waals surface area contributed by atoms with Crippen molar-refractivity contribution in [1.82, 2.24) is 10.6 Å². The van der Waals surface area contributed by atoms with Crippen LogP contribution in [0.25, 0.3) is 0 Å². The molecule has 0 bridgehead atoms. The molecule has 4 nitrogen and oxygen atoms in total. The minimum absolute atomic E-state index is 0.0421. The Balaban J connectivity index is 2.50. The van der Waals surface area contributed by atoms with Crippen molar-refractivity contribution in [3.63, 3.8) is 0 Å². The van der Waals surface area contributed by atoms with Gasteiger partial charge in [-0.3, -0.25) is 4.79 Å². The van der Waals surface area contributed by atoms with Crippen molar-refractivity contribution in [3.8, 4) is 5.75 Å². The molecular weight excluding hydrogens is 252 g/mol. The number of amides is 1. The lowest BCUT2D eigenvalue weighted by atomic mass is 10.1. The average Bonchev–Trinajstić information content (AvgIpc) is 2.50. The number of benzene rings is 1. The van der Waals surface area contributed by atoms with Crippen LogP contribution in [0, 0.1) is 0 Å². The lowest BCUT2D eigenvalue weighted by Gasteiger charge is -2.19. The molecule has 1 aromatic rings. The van der Waals surface area contributed by atoms with Gasteiger partial charge in [0.05, 0.1) is 13.7 Å². The van der Waals surface area contributed by atoms with Crippen molar-refractivity contribution in [2.45, 2.75) is 45.7 Å². The molecule has 0 saturated carbocycles. The first kappa shape index (κ1) is 16.5. The number of hydrogen-bond donors (Lipinski definition) is 2.